The zero-order valence-corrected chi connectivity index (χ0v) is 15.4. The molecule has 0 heterocycles. The summed E-state index contributed by atoms with van der Waals surface area (Å²) in [4.78, 5) is 22.6. The van der Waals surface area contributed by atoms with E-state index >= 15 is 0 Å². The highest BCUT2D eigenvalue weighted by Gasteiger charge is 2.05. The van der Waals surface area contributed by atoms with Gasteiger partial charge in [0.25, 0.3) is 0 Å². The van der Waals surface area contributed by atoms with E-state index in [2.05, 4.69) is 6.92 Å². The fraction of sp³-hybridized carbons (Fsp3) is 0.600. The van der Waals surface area contributed by atoms with Crippen LogP contribution >= 0.6 is 0 Å². The second-order valence-corrected chi connectivity index (χ2v) is 6.09. The largest absolute Gasteiger partial charge is 0.366 e. The summed E-state index contributed by atoms with van der Waals surface area (Å²) in [5, 5.41) is 0. The normalized spacial score (nSPS) is 12.8. The Morgan fingerprint density at radius 3 is 1.75 bits per heavy atom. The third kappa shape index (κ3) is 11.7. The van der Waals surface area contributed by atoms with Gasteiger partial charge in [0.15, 0.2) is 0 Å². The van der Waals surface area contributed by atoms with Crippen molar-refractivity contribution in [3.8, 4) is 0 Å². The molecule has 0 unspecified atom stereocenters. The van der Waals surface area contributed by atoms with Gasteiger partial charge in [-0.1, -0.05) is 76.5 Å². The Balaban J connectivity index is 4.04. The lowest BCUT2D eigenvalue weighted by atomic mass is 10.1. The van der Waals surface area contributed by atoms with E-state index < -0.39 is 11.8 Å². The molecule has 4 heteroatoms. The topological polar surface area (TPSA) is 86.2 Å². The molecule has 0 atom stereocenters. The van der Waals surface area contributed by atoms with Gasteiger partial charge in [0.2, 0.25) is 11.8 Å². The minimum absolute atomic E-state index is 0.288. The maximum Gasteiger partial charge on any atom is 0.248 e. The van der Waals surface area contributed by atoms with E-state index in [4.69, 9.17) is 11.5 Å². The Morgan fingerprint density at radius 2 is 1.29 bits per heavy atom. The molecule has 0 aliphatic heterocycles. The van der Waals surface area contributed by atoms with Crippen molar-refractivity contribution in [2.24, 2.45) is 11.5 Å². The average Bonchev–Trinajstić information content (AvgIpc) is 2.54. The first-order chi connectivity index (χ1) is 11.5. The molecule has 0 bridgehead atoms. The predicted molar refractivity (Wildman–Crippen MR) is 101 cm³/mol. The van der Waals surface area contributed by atoms with Gasteiger partial charge in [-0.15, -0.1) is 0 Å². The van der Waals surface area contributed by atoms with Crippen LogP contribution in [0.15, 0.2) is 35.5 Å². The molecular formula is C20H34N2O2. The van der Waals surface area contributed by atoms with E-state index in [9.17, 15) is 9.59 Å². The third-order valence-corrected chi connectivity index (χ3v) is 3.96. The van der Waals surface area contributed by atoms with E-state index in [1.54, 1.807) is 19.1 Å². The summed E-state index contributed by atoms with van der Waals surface area (Å²) in [6.45, 7) is 3.93. The first-order valence-electron chi connectivity index (χ1n) is 9.17. The van der Waals surface area contributed by atoms with Crippen LogP contribution in [0, 0.1) is 0 Å². The number of nitrogens with two attached hydrogens (primary N) is 2. The van der Waals surface area contributed by atoms with Crippen molar-refractivity contribution in [2.75, 3.05) is 0 Å². The molecule has 4 nitrogen and oxygen atoms in total. The predicted octanol–water partition coefficient (Wildman–Crippen LogP) is 4.31. The molecular weight excluding hydrogens is 300 g/mol. The van der Waals surface area contributed by atoms with Crippen molar-refractivity contribution in [1.29, 1.82) is 0 Å². The molecule has 0 aromatic heterocycles. The Labute approximate surface area is 147 Å². The average molecular weight is 335 g/mol. The van der Waals surface area contributed by atoms with Gasteiger partial charge < -0.3 is 11.5 Å². The molecule has 0 aliphatic rings. The Morgan fingerprint density at radius 1 is 0.792 bits per heavy atom. The van der Waals surface area contributed by atoms with Crippen molar-refractivity contribution in [2.45, 2.75) is 78.1 Å². The van der Waals surface area contributed by atoms with Gasteiger partial charge in [-0.25, -0.2) is 0 Å². The van der Waals surface area contributed by atoms with Crippen LogP contribution in [0.2, 0.25) is 0 Å². The zero-order chi connectivity index (χ0) is 18.2. The van der Waals surface area contributed by atoms with E-state index in [0.717, 1.165) is 12.8 Å². The summed E-state index contributed by atoms with van der Waals surface area (Å²) in [6.07, 6.45) is 19.1. The molecule has 24 heavy (non-hydrogen) atoms. The first-order valence-corrected chi connectivity index (χ1v) is 9.17. The monoisotopic (exact) mass is 334 g/mol. The number of rotatable bonds is 14. The molecule has 0 aliphatic carbocycles. The summed E-state index contributed by atoms with van der Waals surface area (Å²) < 4.78 is 0. The summed E-state index contributed by atoms with van der Waals surface area (Å²) >= 11 is 0. The minimum atomic E-state index is -0.566. The molecule has 2 amide bonds. The molecule has 4 N–H and O–H groups in total. The number of allylic oxidation sites excluding steroid dienone is 2. The van der Waals surface area contributed by atoms with Crippen LogP contribution in [0.3, 0.4) is 0 Å². The lowest BCUT2D eigenvalue weighted by molar-refractivity contribution is -0.114. The fourth-order valence-corrected chi connectivity index (χ4v) is 2.45. The second kappa shape index (κ2) is 14.7. The molecule has 0 radical (unpaired) electrons. The van der Waals surface area contributed by atoms with Crippen LogP contribution < -0.4 is 11.5 Å². The molecule has 0 rings (SSSR count). The van der Waals surface area contributed by atoms with Crippen LogP contribution in [0.25, 0.3) is 0 Å². The van der Waals surface area contributed by atoms with Crippen LogP contribution in [-0.4, -0.2) is 11.8 Å². The molecule has 0 aromatic carbocycles. The lowest BCUT2D eigenvalue weighted by Crippen LogP contribution is -2.16. The molecule has 0 fully saturated rings. The Hall–Kier alpha value is -1.84. The van der Waals surface area contributed by atoms with Gasteiger partial charge >= 0.3 is 0 Å². The van der Waals surface area contributed by atoms with Crippen LogP contribution in [0.1, 0.15) is 78.1 Å². The van der Waals surface area contributed by atoms with Gasteiger partial charge in [-0.3, -0.25) is 9.59 Å². The highest BCUT2D eigenvalue weighted by Crippen LogP contribution is 2.11. The number of hydrogen-bond donors (Lipinski definition) is 2. The van der Waals surface area contributed by atoms with Gasteiger partial charge in [-0.2, -0.15) is 0 Å². The number of amides is 2. The maximum absolute atomic E-state index is 11.4. The van der Waals surface area contributed by atoms with E-state index in [-0.39, 0.29) is 5.57 Å². The van der Waals surface area contributed by atoms with Crippen molar-refractivity contribution in [3.05, 3.63) is 35.5 Å². The van der Waals surface area contributed by atoms with Gasteiger partial charge in [-0.05, 0) is 25.8 Å². The molecule has 0 aromatic rings. The molecule has 0 spiro atoms. The lowest BCUT2D eigenvalue weighted by Gasteiger charge is -2.01. The molecule has 136 valence electrons. The van der Waals surface area contributed by atoms with Crippen molar-refractivity contribution in [3.63, 3.8) is 0 Å². The van der Waals surface area contributed by atoms with Gasteiger partial charge in [0.1, 0.15) is 0 Å². The third-order valence-electron chi connectivity index (χ3n) is 3.96. The zero-order valence-electron chi connectivity index (χ0n) is 15.4. The first kappa shape index (κ1) is 22.2. The quantitative estimate of drug-likeness (QED) is 0.282. The minimum Gasteiger partial charge on any atom is -0.366 e. The SMILES string of the molecule is C/C=C(/C=C(/C=C/CCCCCCCCCCC)C(N)=O)C(N)=O. The van der Waals surface area contributed by atoms with Crippen LogP contribution in [0.4, 0.5) is 0 Å². The Bertz CT molecular complexity index is 462. The van der Waals surface area contributed by atoms with Crippen molar-refractivity contribution < 1.29 is 9.59 Å². The van der Waals surface area contributed by atoms with E-state index in [1.165, 1.54) is 57.4 Å². The van der Waals surface area contributed by atoms with E-state index in [0.29, 0.717) is 5.57 Å². The van der Waals surface area contributed by atoms with E-state index in [1.807, 2.05) is 6.08 Å². The number of carbonyl (C=O) groups is 2. The van der Waals surface area contributed by atoms with Gasteiger partial charge in [0.05, 0.1) is 0 Å². The molecule has 0 saturated heterocycles. The highest BCUT2D eigenvalue weighted by atomic mass is 16.1. The number of primary amides is 2. The summed E-state index contributed by atoms with van der Waals surface area (Å²) in [5.74, 6) is -1.12. The van der Waals surface area contributed by atoms with Gasteiger partial charge in [0, 0.05) is 11.1 Å². The summed E-state index contributed by atoms with van der Waals surface area (Å²) in [5.41, 5.74) is 11.2. The van der Waals surface area contributed by atoms with Crippen LogP contribution in [0.5, 0.6) is 0 Å². The van der Waals surface area contributed by atoms with Crippen molar-refractivity contribution >= 4 is 11.8 Å². The maximum atomic E-state index is 11.4. The second-order valence-electron chi connectivity index (χ2n) is 6.09. The fourth-order valence-electron chi connectivity index (χ4n) is 2.45. The number of carbonyl (C=O) groups excluding carboxylic acids is 2. The number of unbranched alkanes of at least 4 members (excludes halogenated alkanes) is 9. The summed E-state index contributed by atoms with van der Waals surface area (Å²) in [7, 11) is 0. The van der Waals surface area contributed by atoms with Crippen LogP contribution in [-0.2, 0) is 9.59 Å². The standard InChI is InChI=1S/C20H34N2O2/c1-3-5-6-7-8-9-10-11-12-13-14-15-18(20(22)24)16-17(4-2)19(21)23/h4,14-16H,3,5-13H2,1-2H3,(H2,21,23)(H2,22,24)/b15-14+,17-4-,18-16-. The number of hydrogen-bond acceptors (Lipinski definition) is 2. The highest BCUT2D eigenvalue weighted by molar-refractivity contribution is 6.00. The van der Waals surface area contributed by atoms with Crippen molar-refractivity contribution in [1.82, 2.24) is 0 Å². The Kier molecular flexibility index (Phi) is 13.6. The summed E-state index contributed by atoms with van der Waals surface area (Å²) in [6, 6.07) is 0. The molecule has 0 saturated carbocycles. The smallest absolute Gasteiger partial charge is 0.248 e.